The van der Waals surface area contributed by atoms with Gasteiger partial charge in [0.2, 0.25) is 0 Å². The molecule has 104 valence electrons. The van der Waals surface area contributed by atoms with Crippen molar-refractivity contribution >= 4 is 22.8 Å². The van der Waals surface area contributed by atoms with Crippen molar-refractivity contribution < 1.29 is 18.3 Å². The molecule has 0 amide bonds. The Morgan fingerprint density at radius 1 is 1.20 bits per heavy atom. The molecule has 0 saturated carbocycles. The molecule has 2 aromatic rings. The molecule has 0 fully saturated rings. The molecular formula is C16H14F2O2. The van der Waals surface area contributed by atoms with E-state index in [1.54, 1.807) is 12.1 Å². The van der Waals surface area contributed by atoms with E-state index in [2.05, 4.69) is 4.74 Å². The van der Waals surface area contributed by atoms with Gasteiger partial charge in [-0.15, -0.1) is 0 Å². The van der Waals surface area contributed by atoms with Gasteiger partial charge in [0, 0.05) is 0 Å². The topological polar surface area (TPSA) is 26.3 Å². The van der Waals surface area contributed by atoms with Crippen molar-refractivity contribution in [2.45, 2.75) is 12.8 Å². The molecule has 0 unspecified atom stereocenters. The van der Waals surface area contributed by atoms with E-state index in [1.165, 1.54) is 13.0 Å². The highest BCUT2D eigenvalue weighted by Crippen LogP contribution is 2.21. The van der Waals surface area contributed by atoms with E-state index in [4.69, 9.17) is 0 Å². The summed E-state index contributed by atoms with van der Waals surface area (Å²) in [4.78, 5) is 11.1. The predicted octanol–water partition coefficient (Wildman–Crippen LogP) is 4.05. The summed E-state index contributed by atoms with van der Waals surface area (Å²) in [5, 5.41) is 1.98. The molecule has 0 aliphatic rings. The number of rotatable bonds is 4. The summed E-state index contributed by atoms with van der Waals surface area (Å²) in [7, 11) is 0. The molecule has 0 atom stereocenters. The van der Waals surface area contributed by atoms with Gasteiger partial charge in [0.15, 0.2) is 0 Å². The summed E-state index contributed by atoms with van der Waals surface area (Å²) in [6.07, 6.45) is 1.79. The number of carbonyl (C=O) groups is 1. The molecule has 2 nitrogen and oxygen atoms in total. The van der Waals surface area contributed by atoms with E-state index in [0.717, 1.165) is 10.8 Å². The summed E-state index contributed by atoms with van der Waals surface area (Å²) >= 11 is 0. The summed E-state index contributed by atoms with van der Waals surface area (Å²) in [5.74, 6) is -5.14. The highest BCUT2D eigenvalue weighted by Gasteiger charge is 2.37. The SMILES string of the molecule is CCOC(=O)C(F)(F)/C=C/c1ccc2ccccc2c1. The van der Waals surface area contributed by atoms with Crippen molar-refractivity contribution in [1.82, 2.24) is 0 Å². The Balaban J connectivity index is 2.22. The number of carbonyl (C=O) groups excluding carboxylic acids is 1. The van der Waals surface area contributed by atoms with E-state index >= 15 is 0 Å². The summed E-state index contributed by atoms with van der Waals surface area (Å²) in [6, 6.07) is 13.0. The molecule has 0 radical (unpaired) electrons. The Labute approximate surface area is 115 Å². The van der Waals surface area contributed by atoms with Gasteiger partial charge in [-0.3, -0.25) is 0 Å². The fraction of sp³-hybridized carbons (Fsp3) is 0.188. The Morgan fingerprint density at radius 3 is 2.60 bits per heavy atom. The van der Waals surface area contributed by atoms with Gasteiger partial charge in [0.1, 0.15) is 0 Å². The molecule has 0 bridgehead atoms. The van der Waals surface area contributed by atoms with Crippen LogP contribution in [-0.4, -0.2) is 18.5 Å². The second-order valence-electron chi connectivity index (χ2n) is 4.28. The molecule has 20 heavy (non-hydrogen) atoms. The van der Waals surface area contributed by atoms with Gasteiger partial charge in [-0.2, -0.15) is 8.78 Å². The number of benzene rings is 2. The van der Waals surface area contributed by atoms with Crippen LogP contribution in [-0.2, 0) is 9.53 Å². The zero-order valence-electron chi connectivity index (χ0n) is 11.0. The maximum atomic E-state index is 13.4. The van der Waals surface area contributed by atoms with Crippen LogP contribution in [0.4, 0.5) is 8.78 Å². The molecular weight excluding hydrogens is 262 g/mol. The maximum Gasteiger partial charge on any atom is 0.381 e. The predicted molar refractivity (Wildman–Crippen MR) is 74.6 cm³/mol. The van der Waals surface area contributed by atoms with Gasteiger partial charge < -0.3 is 4.74 Å². The second kappa shape index (κ2) is 5.82. The van der Waals surface area contributed by atoms with Gasteiger partial charge in [-0.25, -0.2) is 4.79 Å². The number of alkyl halides is 2. The van der Waals surface area contributed by atoms with Crippen molar-refractivity contribution in [3.8, 4) is 0 Å². The first-order valence-electron chi connectivity index (χ1n) is 6.26. The first-order valence-corrected chi connectivity index (χ1v) is 6.26. The third-order valence-electron chi connectivity index (χ3n) is 2.81. The second-order valence-corrected chi connectivity index (χ2v) is 4.28. The van der Waals surface area contributed by atoms with Crippen LogP contribution in [0.15, 0.2) is 48.5 Å². The minimum atomic E-state index is -3.61. The lowest BCUT2D eigenvalue weighted by Gasteiger charge is -2.09. The summed E-state index contributed by atoms with van der Waals surface area (Å²) < 4.78 is 31.2. The monoisotopic (exact) mass is 276 g/mol. The van der Waals surface area contributed by atoms with Crippen LogP contribution in [0.3, 0.4) is 0 Å². The number of ether oxygens (including phenoxy) is 1. The van der Waals surface area contributed by atoms with Gasteiger partial charge >= 0.3 is 11.9 Å². The number of esters is 1. The van der Waals surface area contributed by atoms with Crippen LogP contribution in [0.25, 0.3) is 16.8 Å². The fourth-order valence-corrected chi connectivity index (χ4v) is 1.81. The van der Waals surface area contributed by atoms with Crippen LogP contribution in [0.5, 0.6) is 0 Å². The van der Waals surface area contributed by atoms with Crippen molar-refractivity contribution in [1.29, 1.82) is 0 Å². The molecule has 0 aromatic heterocycles. The molecule has 0 spiro atoms. The lowest BCUT2D eigenvalue weighted by atomic mass is 10.1. The van der Waals surface area contributed by atoms with Gasteiger partial charge in [0.25, 0.3) is 0 Å². The molecule has 4 heteroatoms. The van der Waals surface area contributed by atoms with Gasteiger partial charge in [0.05, 0.1) is 6.61 Å². The Morgan fingerprint density at radius 2 is 1.90 bits per heavy atom. The lowest BCUT2D eigenvalue weighted by Crippen LogP contribution is -2.28. The van der Waals surface area contributed by atoms with Crippen LogP contribution >= 0.6 is 0 Å². The molecule has 2 aromatic carbocycles. The van der Waals surface area contributed by atoms with E-state index in [1.807, 2.05) is 30.3 Å². The highest BCUT2D eigenvalue weighted by molar-refractivity contribution is 5.85. The minimum Gasteiger partial charge on any atom is -0.461 e. The molecule has 0 heterocycles. The molecule has 2 rings (SSSR count). The normalized spacial score (nSPS) is 11.9. The summed E-state index contributed by atoms with van der Waals surface area (Å²) in [5.41, 5.74) is 0.604. The minimum absolute atomic E-state index is 0.0712. The van der Waals surface area contributed by atoms with E-state index < -0.39 is 11.9 Å². The quantitative estimate of drug-likeness (QED) is 0.787. The van der Waals surface area contributed by atoms with Crippen molar-refractivity contribution in [3.63, 3.8) is 0 Å². The number of hydrogen-bond acceptors (Lipinski definition) is 2. The van der Waals surface area contributed by atoms with E-state index in [-0.39, 0.29) is 6.61 Å². The molecule has 0 aliphatic carbocycles. The van der Waals surface area contributed by atoms with Crippen LogP contribution in [0.2, 0.25) is 0 Å². The smallest absolute Gasteiger partial charge is 0.381 e. The first kappa shape index (κ1) is 14.2. The van der Waals surface area contributed by atoms with Crippen LogP contribution in [0, 0.1) is 0 Å². The zero-order chi connectivity index (χ0) is 14.6. The summed E-state index contributed by atoms with van der Waals surface area (Å²) in [6.45, 7) is 1.42. The fourth-order valence-electron chi connectivity index (χ4n) is 1.81. The lowest BCUT2D eigenvalue weighted by molar-refractivity contribution is -0.164. The number of halogens is 2. The van der Waals surface area contributed by atoms with Gasteiger partial charge in [-0.1, -0.05) is 42.5 Å². The number of hydrogen-bond donors (Lipinski definition) is 0. The van der Waals surface area contributed by atoms with Crippen molar-refractivity contribution in [2.24, 2.45) is 0 Å². The first-order chi connectivity index (χ1) is 9.53. The highest BCUT2D eigenvalue weighted by atomic mass is 19.3. The maximum absolute atomic E-state index is 13.4. The van der Waals surface area contributed by atoms with Crippen molar-refractivity contribution in [3.05, 3.63) is 54.1 Å². The van der Waals surface area contributed by atoms with Crippen molar-refractivity contribution in [2.75, 3.05) is 6.61 Å². The van der Waals surface area contributed by atoms with Crippen LogP contribution < -0.4 is 0 Å². The Kier molecular flexibility index (Phi) is 4.13. The largest absolute Gasteiger partial charge is 0.461 e. The third kappa shape index (κ3) is 3.20. The van der Waals surface area contributed by atoms with E-state index in [0.29, 0.717) is 11.6 Å². The molecule has 0 saturated heterocycles. The zero-order valence-corrected chi connectivity index (χ0v) is 11.0. The Hall–Kier alpha value is -2.23. The molecule has 0 N–H and O–H groups in total. The number of fused-ring (bicyclic) bond motifs is 1. The average molecular weight is 276 g/mol. The molecule has 0 aliphatic heterocycles. The Bertz CT molecular complexity index is 648. The average Bonchev–Trinajstić information content (AvgIpc) is 2.45. The third-order valence-corrected chi connectivity index (χ3v) is 2.81. The standard InChI is InChI=1S/C16H14F2O2/c1-2-20-15(19)16(17,18)10-9-12-7-8-13-5-3-4-6-14(13)11-12/h3-11H,2H2,1H3/b10-9+. The van der Waals surface area contributed by atoms with E-state index in [9.17, 15) is 13.6 Å². The van der Waals surface area contributed by atoms with Gasteiger partial charge in [-0.05, 0) is 35.4 Å². The van der Waals surface area contributed by atoms with Crippen LogP contribution in [0.1, 0.15) is 12.5 Å².